The number of cyclic esters (lactones) is 1. The number of pyridine rings is 2. The van der Waals surface area contributed by atoms with Crippen molar-refractivity contribution in [1.29, 1.82) is 0 Å². The number of aliphatic hydroxyl groups excluding tert-OH is 1. The molecule has 29 heavy (non-hydrogen) atoms. The third-order valence-corrected chi connectivity index (χ3v) is 5.95. The van der Waals surface area contributed by atoms with Crippen molar-refractivity contribution in [2.24, 2.45) is 0 Å². The molecule has 2 unspecified atom stereocenters. The van der Waals surface area contributed by atoms with Crippen LogP contribution in [0.1, 0.15) is 17.9 Å². The van der Waals surface area contributed by atoms with E-state index in [9.17, 15) is 25.1 Å². The Morgan fingerprint density at radius 2 is 1.93 bits per heavy atom. The second-order valence-electron chi connectivity index (χ2n) is 5.84. The first-order valence-corrected chi connectivity index (χ1v) is 9.72. The van der Waals surface area contributed by atoms with Gasteiger partial charge in [0, 0.05) is 24.3 Å². The Morgan fingerprint density at radius 1 is 1.28 bits per heavy atom. The van der Waals surface area contributed by atoms with E-state index in [-0.39, 0.29) is 22.2 Å². The van der Waals surface area contributed by atoms with Crippen molar-refractivity contribution < 1.29 is 33.6 Å². The van der Waals surface area contributed by atoms with Gasteiger partial charge in [0.15, 0.2) is 12.4 Å². The predicted molar refractivity (Wildman–Crippen MR) is 103 cm³/mol. The molecule has 2 aromatic rings. The lowest BCUT2D eigenvalue weighted by Crippen LogP contribution is -2.49. The lowest BCUT2D eigenvalue weighted by atomic mass is 9.96. The second-order valence-corrected chi connectivity index (χ2v) is 7.39. The van der Waals surface area contributed by atoms with Crippen molar-refractivity contribution in [3.8, 4) is 0 Å². The SMILES string of the molecule is CCOC(=O)C1(C(S)c2cccc[n+]2[O-])OC(=O)C(O)=C1Sc1cccc[n+]1[O-]. The fourth-order valence-corrected chi connectivity index (χ4v) is 4.41. The zero-order chi connectivity index (χ0) is 21.2. The van der Waals surface area contributed by atoms with Gasteiger partial charge in [0.05, 0.1) is 6.61 Å². The number of hydrogen-bond acceptors (Lipinski definition) is 9. The number of aromatic nitrogens is 2. The molecule has 152 valence electrons. The van der Waals surface area contributed by atoms with Crippen LogP contribution in [0.25, 0.3) is 0 Å². The second kappa shape index (κ2) is 8.21. The van der Waals surface area contributed by atoms with Crippen LogP contribution in [0.2, 0.25) is 0 Å². The first-order valence-electron chi connectivity index (χ1n) is 8.39. The highest BCUT2D eigenvalue weighted by Gasteiger charge is 2.62. The summed E-state index contributed by atoms with van der Waals surface area (Å²) in [5, 5.41) is 33.4. The van der Waals surface area contributed by atoms with Crippen LogP contribution in [0.4, 0.5) is 0 Å². The highest BCUT2D eigenvalue weighted by Crippen LogP contribution is 2.51. The molecule has 3 heterocycles. The van der Waals surface area contributed by atoms with Gasteiger partial charge in [0.25, 0.3) is 10.6 Å². The Hall–Kier alpha value is -2.92. The van der Waals surface area contributed by atoms with Crippen LogP contribution in [0.15, 0.2) is 64.5 Å². The topological polar surface area (TPSA) is 127 Å². The molecule has 0 fully saturated rings. The maximum Gasteiger partial charge on any atom is 0.375 e. The van der Waals surface area contributed by atoms with Crippen LogP contribution in [-0.2, 0) is 19.1 Å². The van der Waals surface area contributed by atoms with Crippen molar-refractivity contribution in [2.75, 3.05) is 6.61 Å². The van der Waals surface area contributed by atoms with Gasteiger partial charge < -0.3 is 25.0 Å². The first-order chi connectivity index (χ1) is 13.8. The molecule has 0 saturated carbocycles. The van der Waals surface area contributed by atoms with Crippen LogP contribution < -0.4 is 9.46 Å². The fourth-order valence-electron chi connectivity index (χ4n) is 2.76. The molecule has 3 rings (SSSR count). The summed E-state index contributed by atoms with van der Waals surface area (Å²) in [4.78, 5) is 24.9. The number of carbonyl (C=O) groups is 2. The largest absolute Gasteiger partial charge is 0.618 e. The van der Waals surface area contributed by atoms with Gasteiger partial charge in [-0.2, -0.15) is 22.1 Å². The van der Waals surface area contributed by atoms with Gasteiger partial charge in [-0.1, -0.05) is 0 Å². The van der Waals surface area contributed by atoms with Gasteiger partial charge in [-0.25, -0.2) is 9.59 Å². The highest BCUT2D eigenvalue weighted by atomic mass is 32.2. The Labute approximate surface area is 175 Å². The Bertz CT molecular complexity index is 998. The first kappa shape index (κ1) is 20.8. The quantitative estimate of drug-likeness (QED) is 0.301. The monoisotopic (exact) mass is 436 g/mol. The van der Waals surface area contributed by atoms with E-state index in [4.69, 9.17) is 9.47 Å². The third-order valence-electron chi connectivity index (χ3n) is 4.09. The Morgan fingerprint density at radius 3 is 2.55 bits per heavy atom. The van der Waals surface area contributed by atoms with E-state index < -0.39 is 28.5 Å². The molecule has 1 aliphatic heterocycles. The smallest absolute Gasteiger partial charge is 0.375 e. The molecule has 0 spiro atoms. The summed E-state index contributed by atoms with van der Waals surface area (Å²) in [5.74, 6) is -3.09. The number of hydrogen-bond donors (Lipinski definition) is 2. The number of esters is 2. The molecule has 0 aromatic carbocycles. The van der Waals surface area contributed by atoms with E-state index in [0.29, 0.717) is 21.2 Å². The van der Waals surface area contributed by atoms with Crippen molar-refractivity contribution in [3.63, 3.8) is 0 Å². The summed E-state index contributed by atoms with van der Waals surface area (Å²) in [6.07, 6.45) is 2.40. The van der Waals surface area contributed by atoms with E-state index >= 15 is 0 Å². The zero-order valence-electron chi connectivity index (χ0n) is 15.0. The molecule has 0 saturated heterocycles. The Kier molecular flexibility index (Phi) is 5.89. The average Bonchev–Trinajstić information content (AvgIpc) is 2.95. The van der Waals surface area contributed by atoms with Crippen LogP contribution in [0, 0.1) is 10.4 Å². The molecule has 0 amide bonds. The minimum absolute atomic E-state index is 0.0208. The van der Waals surface area contributed by atoms with E-state index in [1.165, 1.54) is 36.7 Å². The summed E-state index contributed by atoms with van der Waals surface area (Å²) in [6.45, 7) is 1.49. The zero-order valence-corrected chi connectivity index (χ0v) is 16.8. The van der Waals surface area contributed by atoms with E-state index in [1.807, 2.05) is 0 Å². The summed E-state index contributed by atoms with van der Waals surface area (Å²) < 4.78 is 11.3. The van der Waals surface area contributed by atoms with Gasteiger partial charge in [0.1, 0.15) is 10.2 Å². The summed E-state index contributed by atoms with van der Waals surface area (Å²) >= 11 is 5.05. The van der Waals surface area contributed by atoms with E-state index in [0.717, 1.165) is 0 Å². The summed E-state index contributed by atoms with van der Waals surface area (Å²) in [7, 11) is 0. The Balaban J connectivity index is 2.18. The van der Waals surface area contributed by atoms with Crippen molar-refractivity contribution in [2.45, 2.75) is 22.8 Å². The molecule has 1 N–H and O–H groups in total. The van der Waals surface area contributed by atoms with Gasteiger partial charge >= 0.3 is 11.9 Å². The van der Waals surface area contributed by atoms with Gasteiger partial charge in [-0.05, 0) is 30.8 Å². The molecule has 0 radical (unpaired) electrons. The van der Waals surface area contributed by atoms with Crippen molar-refractivity contribution in [1.82, 2.24) is 0 Å². The van der Waals surface area contributed by atoms with Crippen molar-refractivity contribution in [3.05, 3.63) is 75.6 Å². The molecule has 2 atom stereocenters. The third kappa shape index (κ3) is 3.58. The highest BCUT2D eigenvalue weighted by molar-refractivity contribution is 8.03. The average molecular weight is 436 g/mol. The molecular formula is C18H16N2O7S2. The molecule has 1 aliphatic rings. The van der Waals surface area contributed by atoms with Gasteiger partial charge in [-0.3, -0.25) is 0 Å². The van der Waals surface area contributed by atoms with Crippen LogP contribution in [-0.4, -0.2) is 29.3 Å². The normalized spacial score (nSPS) is 19.7. The van der Waals surface area contributed by atoms with E-state index in [1.54, 1.807) is 19.1 Å². The number of thioether (sulfide) groups is 1. The number of rotatable bonds is 6. The molecule has 9 nitrogen and oxygen atoms in total. The van der Waals surface area contributed by atoms with E-state index in [2.05, 4.69) is 12.6 Å². The number of thiol groups is 1. The summed E-state index contributed by atoms with van der Waals surface area (Å²) in [6, 6.07) is 8.91. The van der Waals surface area contributed by atoms with Crippen LogP contribution in [0.5, 0.6) is 0 Å². The molecule has 11 heteroatoms. The molecule has 0 aliphatic carbocycles. The maximum absolute atomic E-state index is 13.0. The number of aliphatic hydroxyl groups is 1. The van der Waals surface area contributed by atoms with Gasteiger partial charge in [-0.15, -0.1) is 0 Å². The molecule has 0 bridgehead atoms. The fraction of sp³-hybridized carbons (Fsp3) is 0.222. The lowest BCUT2D eigenvalue weighted by molar-refractivity contribution is -0.645. The lowest BCUT2D eigenvalue weighted by Gasteiger charge is -2.31. The minimum atomic E-state index is -2.26. The number of ether oxygens (including phenoxy) is 2. The molecular weight excluding hydrogens is 420 g/mol. The summed E-state index contributed by atoms with van der Waals surface area (Å²) in [5.41, 5.74) is -2.28. The van der Waals surface area contributed by atoms with Crippen LogP contribution >= 0.6 is 24.4 Å². The molecule has 2 aromatic heterocycles. The van der Waals surface area contributed by atoms with Gasteiger partial charge in [0.2, 0.25) is 11.5 Å². The minimum Gasteiger partial charge on any atom is -0.618 e. The van der Waals surface area contributed by atoms with Crippen LogP contribution in [0.3, 0.4) is 0 Å². The van der Waals surface area contributed by atoms with Crippen molar-refractivity contribution >= 4 is 36.3 Å². The predicted octanol–water partition coefficient (Wildman–Crippen LogP) is 1.34. The number of carbonyl (C=O) groups excluding carboxylic acids is 2. The standard InChI is InChI=1S/C18H16N2O7S2/c1-2-26-17(23)18(14(28)11-7-3-5-9-19(11)24)15(13(21)16(22)27-18)29-12-8-4-6-10-20(12)25/h3-10,14,21,28H,2H2,1H3. The number of nitrogens with zero attached hydrogens (tertiary/aromatic N) is 2. The maximum atomic E-state index is 13.0.